The highest BCUT2D eigenvalue weighted by atomic mass is 35.5. The maximum Gasteiger partial charge on any atom is 0.236 e. The summed E-state index contributed by atoms with van der Waals surface area (Å²) in [5.41, 5.74) is 0. The van der Waals surface area contributed by atoms with E-state index in [0.717, 1.165) is 45.7 Å². The molecule has 0 saturated carbocycles. The zero-order valence-electron chi connectivity index (χ0n) is 7.57. The van der Waals surface area contributed by atoms with Crippen molar-refractivity contribution >= 4 is 18.3 Å². The first-order valence-corrected chi connectivity index (χ1v) is 4.51. The van der Waals surface area contributed by atoms with Crippen LogP contribution in [0.3, 0.4) is 0 Å². The quantitative estimate of drug-likeness (QED) is 0.618. The number of carbonyl (C=O) groups is 1. The van der Waals surface area contributed by atoms with Crippen LogP contribution in [0.1, 0.15) is 12.8 Å². The summed E-state index contributed by atoms with van der Waals surface area (Å²) in [5, 5.41) is 3.99. The van der Waals surface area contributed by atoms with Crippen LogP contribution < -0.4 is 0 Å². The average Bonchev–Trinajstić information content (AvgIpc) is 2.53. The molecule has 0 unspecified atom stereocenters. The lowest BCUT2D eigenvalue weighted by Gasteiger charge is -2.34. The van der Waals surface area contributed by atoms with E-state index in [-0.39, 0.29) is 18.3 Å². The van der Waals surface area contributed by atoms with Gasteiger partial charge in [0.25, 0.3) is 0 Å². The van der Waals surface area contributed by atoms with Gasteiger partial charge in [-0.2, -0.15) is 0 Å². The summed E-state index contributed by atoms with van der Waals surface area (Å²) in [6.45, 7) is 4.14. The second-order valence-electron chi connectivity index (χ2n) is 3.19. The van der Waals surface area contributed by atoms with Gasteiger partial charge in [-0.15, -0.1) is 12.4 Å². The number of hydrazine groups is 1. The molecule has 76 valence electrons. The second kappa shape index (κ2) is 4.79. The minimum atomic E-state index is 0. The van der Waals surface area contributed by atoms with Crippen LogP contribution in [0.5, 0.6) is 0 Å². The lowest BCUT2D eigenvalue weighted by atomic mass is 10.4. The van der Waals surface area contributed by atoms with Gasteiger partial charge in [-0.25, -0.2) is 5.01 Å². The molecule has 0 aromatic carbocycles. The van der Waals surface area contributed by atoms with Gasteiger partial charge in [0, 0.05) is 26.1 Å². The van der Waals surface area contributed by atoms with Crippen LogP contribution in [0, 0.1) is 0 Å². The molecule has 4 nitrogen and oxygen atoms in total. The van der Waals surface area contributed by atoms with Crippen LogP contribution >= 0.6 is 12.4 Å². The van der Waals surface area contributed by atoms with E-state index in [1.807, 2.05) is 5.01 Å². The van der Waals surface area contributed by atoms with Crippen molar-refractivity contribution < 1.29 is 9.53 Å². The van der Waals surface area contributed by atoms with Crippen molar-refractivity contribution in [3.05, 3.63) is 0 Å². The van der Waals surface area contributed by atoms with Crippen molar-refractivity contribution in [2.75, 3.05) is 32.8 Å². The van der Waals surface area contributed by atoms with E-state index in [2.05, 4.69) is 5.01 Å². The molecule has 0 aromatic rings. The predicted octanol–water partition coefficient (Wildman–Crippen LogP) is 0.278. The Kier molecular flexibility index (Phi) is 3.96. The summed E-state index contributed by atoms with van der Waals surface area (Å²) in [4.78, 5) is 11.3. The summed E-state index contributed by atoms with van der Waals surface area (Å²) in [6, 6.07) is 0. The van der Waals surface area contributed by atoms with Crippen molar-refractivity contribution in [3.63, 3.8) is 0 Å². The third kappa shape index (κ3) is 2.33. The number of carbonyl (C=O) groups excluding carboxylic acids is 1. The van der Waals surface area contributed by atoms with Crippen molar-refractivity contribution in [2.24, 2.45) is 0 Å². The molecule has 2 aliphatic rings. The third-order valence-corrected chi connectivity index (χ3v) is 2.38. The number of ether oxygens (including phenoxy) is 1. The molecule has 1 amide bonds. The highest BCUT2D eigenvalue weighted by Crippen LogP contribution is 2.13. The molecule has 0 bridgehead atoms. The van der Waals surface area contributed by atoms with E-state index in [1.165, 1.54) is 0 Å². The van der Waals surface area contributed by atoms with Gasteiger partial charge in [0.15, 0.2) is 0 Å². The Balaban J connectivity index is 0.000000845. The normalized spacial score (nSPS) is 24.6. The van der Waals surface area contributed by atoms with Crippen LogP contribution in [0.2, 0.25) is 0 Å². The van der Waals surface area contributed by atoms with Crippen LogP contribution in [0.15, 0.2) is 0 Å². The number of hydrogen-bond donors (Lipinski definition) is 0. The molecule has 0 atom stereocenters. The first-order chi connectivity index (χ1) is 5.88. The molecule has 0 aromatic heterocycles. The maximum atomic E-state index is 11.3. The Labute approximate surface area is 84.2 Å². The molecule has 2 aliphatic heterocycles. The number of rotatable bonds is 1. The smallest absolute Gasteiger partial charge is 0.236 e. The molecular formula is C8H15ClN2O2. The van der Waals surface area contributed by atoms with E-state index < -0.39 is 0 Å². The Hall–Kier alpha value is -0.320. The largest absolute Gasteiger partial charge is 0.379 e. The van der Waals surface area contributed by atoms with Crippen LogP contribution in [0.25, 0.3) is 0 Å². The van der Waals surface area contributed by atoms with Gasteiger partial charge in [0.2, 0.25) is 5.91 Å². The van der Waals surface area contributed by atoms with Gasteiger partial charge in [0.1, 0.15) is 0 Å². The summed E-state index contributed by atoms with van der Waals surface area (Å²) < 4.78 is 5.21. The van der Waals surface area contributed by atoms with E-state index >= 15 is 0 Å². The number of morpholine rings is 1. The topological polar surface area (TPSA) is 32.8 Å². The fourth-order valence-corrected chi connectivity index (χ4v) is 1.73. The zero-order chi connectivity index (χ0) is 8.39. The standard InChI is InChI=1S/C8H14N2O2.ClH/c11-8-2-1-3-10(8)9-4-6-12-7-5-9;/h1-7H2;1H. The minimum absolute atomic E-state index is 0. The van der Waals surface area contributed by atoms with Crippen LogP contribution in [-0.4, -0.2) is 48.8 Å². The molecule has 2 heterocycles. The van der Waals surface area contributed by atoms with Gasteiger partial charge >= 0.3 is 0 Å². The fraction of sp³-hybridized carbons (Fsp3) is 0.875. The number of amides is 1. The predicted molar refractivity (Wildman–Crippen MR) is 50.6 cm³/mol. The van der Waals surface area contributed by atoms with Crippen molar-refractivity contribution in [2.45, 2.75) is 12.8 Å². The van der Waals surface area contributed by atoms with Crippen LogP contribution in [-0.2, 0) is 9.53 Å². The van der Waals surface area contributed by atoms with Gasteiger partial charge in [-0.05, 0) is 6.42 Å². The minimum Gasteiger partial charge on any atom is -0.379 e. The van der Waals surface area contributed by atoms with E-state index in [1.54, 1.807) is 0 Å². The highest BCUT2D eigenvalue weighted by molar-refractivity contribution is 5.85. The highest BCUT2D eigenvalue weighted by Gasteiger charge is 2.26. The monoisotopic (exact) mass is 206 g/mol. The number of nitrogens with zero attached hydrogens (tertiary/aromatic N) is 2. The summed E-state index contributed by atoms with van der Waals surface area (Å²) in [7, 11) is 0. The molecule has 0 spiro atoms. The van der Waals surface area contributed by atoms with Gasteiger partial charge in [-0.3, -0.25) is 9.80 Å². The molecule has 2 saturated heterocycles. The van der Waals surface area contributed by atoms with Crippen LogP contribution in [0.4, 0.5) is 0 Å². The second-order valence-corrected chi connectivity index (χ2v) is 3.19. The van der Waals surface area contributed by atoms with Crippen molar-refractivity contribution in [1.82, 2.24) is 10.0 Å². The molecular weight excluding hydrogens is 192 g/mol. The van der Waals surface area contributed by atoms with Gasteiger partial charge in [0.05, 0.1) is 13.2 Å². The molecule has 2 fully saturated rings. The van der Waals surface area contributed by atoms with E-state index in [0.29, 0.717) is 0 Å². The molecule has 0 N–H and O–H groups in total. The Morgan fingerprint density at radius 1 is 1.15 bits per heavy atom. The first kappa shape index (κ1) is 10.8. The average molecular weight is 207 g/mol. The molecule has 5 heteroatoms. The molecule has 2 rings (SSSR count). The third-order valence-electron chi connectivity index (χ3n) is 2.38. The van der Waals surface area contributed by atoms with E-state index in [4.69, 9.17) is 4.74 Å². The first-order valence-electron chi connectivity index (χ1n) is 4.51. The SMILES string of the molecule is Cl.O=C1CCCN1N1CCOCC1. The van der Waals surface area contributed by atoms with Gasteiger partial charge < -0.3 is 4.74 Å². The van der Waals surface area contributed by atoms with Gasteiger partial charge in [-0.1, -0.05) is 0 Å². The summed E-state index contributed by atoms with van der Waals surface area (Å²) >= 11 is 0. The molecule has 0 radical (unpaired) electrons. The molecule has 0 aliphatic carbocycles. The fourth-order valence-electron chi connectivity index (χ4n) is 1.73. The van der Waals surface area contributed by atoms with Crippen molar-refractivity contribution in [1.29, 1.82) is 0 Å². The lowest BCUT2D eigenvalue weighted by molar-refractivity contribution is -0.150. The maximum absolute atomic E-state index is 11.3. The number of halogens is 1. The zero-order valence-corrected chi connectivity index (χ0v) is 8.39. The Morgan fingerprint density at radius 2 is 1.85 bits per heavy atom. The summed E-state index contributed by atoms with van der Waals surface area (Å²) in [6.07, 6.45) is 1.73. The van der Waals surface area contributed by atoms with E-state index in [9.17, 15) is 4.79 Å². The Morgan fingerprint density at radius 3 is 2.38 bits per heavy atom. The molecule has 13 heavy (non-hydrogen) atoms. The van der Waals surface area contributed by atoms with Crippen molar-refractivity contribution in [3.8, 4) is 0 Å². The Bertz CT molecular complexity index is 183. The number of hydrogen-bond acceptors (Lipinski definition) is 3. The lowest BCUT2D eigenvalue weighted by Crippen LogP contribution is -2.49. The summed E-state index contributed by atoms with van der Waals surface area (Å²) in [5.74, 6) is 0.275.